The van der Waals surface area contributed by atoms with Gasteiger partial charge in [0.05, 0.1) is 6.61 Å². The van der Waals surface area contributed by atoms with E-state index in [0.29, 0.717) is 31.3 Å². The number of rotatable bonds is 7. The predicted molar refractivity (Wildman–Crippen MR) is 107 cm³/mol. The SMILES string of the molecule is CCOc1cc(/C=C2/NC(=O)N(CC)C2=O)ccc1OCc1cccc(C)c1. The van der Waals surface area contributed by atoms with E-state index in [0.717, 1.165) is 16.0 Å². The zero-order chi connectivity index (χ0) is 20.1. The Morgan fingerprint density at radius 2 is 1.86 bits per heavy atom. The van der Waals surface area contributed by atoms with Gasteiger partial charge < -0.3 is 14.8 Å². The zero-order valence-electron chi connectivity index (χ0n) is 16.3. The molecule has 3 rings (SSSR count). The highest BCUT2D eigenvalue weighted by Gasteiger charge is 2.32. The maximum Gasteiger partial charge on any atom is 0.328 e. The minimum atomic E-state index is -0.401. The van der Waals surface area contributed by atoms with Gasteiger partial charge in [0.25, 0.3) is 5.91 Å². The first-order valence-corrected chi connectivity index (χ1v) is 9.31. The number of imide groups is 1. The lowest BCUT2D eigenvalue weighted by atomic mass is 10.1. The van der Waals surface area contributed by atoms with Gasteiger partial charge >= 0.3 is 6.03 Å². The molecule has 0 bridgehead atoms. The second kappa shape index (κ2) is 8.61. The molecule has 1 saturated heterocycles. The number of likely N-dealkylation sites (N-methyl/N-ethyl adjacent to an activating group) is 1. The first kappa shape index (κ1) is 19.5. The molecular weight excluding hydrogens is 356 g/mol. The summed E-state index contributed by atoms with van der Waals surface area (Å²) in [5.74, 6) is 0.890. The van der Waals surface area contributed by atoms with Crippen LogP contribution in [0.15, 0.2) is 48.2 Å². The van der Waals surface area contributed by atoms with E-state index in [1.165, 1.54) is 5.56 Å². The molecule has 2 aromatic carbocycles. The summed E-state index contributed by atoms with van der Waals surface area (Å²) in [6.45, 7) is 6.95. The molecule has 0 aromatic heterocycles. The molecule has 1 N–H and O–H groups in total. The molecule has 1 aliphatic heterocycles. The van der Waals surface area contributed by atoms with Crippen molar-refractivity contribution in [2.45, 2.75) is 27.4 Å². The van der Waals surface area contributed by atoms with Crippen molar-refractivity contribution >= 4 is 18.0 Å². The molecule has 28 heavy (non-hydrogen) atoms. The van der Waals surface area contributed by atoms with Crippen LogP contribution in [0.2, 0.25) is 0 Å². The number of nitrogens with one attached hydrogen (secondary N) is 1. The Balaban J connectivity index is 1.80. The van der Waals surface area contributed by atoms with E-state index >= 15 is 0 Å². The lowest BCUT2D eigenvalue weighted by Crippen LogP contribution is -2.30. The number of aryl methyl sites for hydroxylation is 1. The molecule has 0 atom stereocenters. The van der Waals surface area contributed by atoms with Crippen LogP contribution in [0.25, 0.3) is 6.08 Å². The first-order valence-electron chi connectivity index (χ1n) is 9.31. The van der Waals surface area contributed by atoms with Crippen LogP contribution in [0, 0.1) is 6.92 Å². The predicted octanol–water partition coefficient (Wildman–Crippen LogP) is 3.89. The summed E-state index contributed by atoms with van der Waals surface area (Å²) >= 11 is 0. The number of urea groups is 1. The Bertz CT molecular complexity index is 921. The van der Waals surface area contributed by atoms with Crippen LogP contribution in [0.3, 0.4) is 0 Å². The van der Waals surface area contributed by atoms with Gasteiger partial charge in [-0.05, 0) is 50.1 Å². The van der Waals surface area contributed by atoms with E-state index in [1.807, 2.05) is 44.2 Å². The van der Waals surface area contributed by atoms with Gasteiger partial charge in [-0.3, -0.25) is 9.69 Å². The molecule has 1 heterocycles. The first-order chi connectivity index (χ1) is 13.5. The number of nitrogens with zero attached hydrogens (tertiary/aromatic N) is 1. The zero-order valence-corrected chi connectivity index (χ0v) is 16.3. The van der Waals surface area contributed by atoms with Crippen molar-refractivity contribution in [1.82, 2.24) is 10.2 Å². The van der Waals surface area contributed by atoms with Gasteiger partial charge in [0.15, 0.2) is 11.5 Å². The molecule has 0 radical (unpaired) electrons. The van der Waals surface area contributed by atoms with E-state index in [2.05, 4.69) is 11.4 Å². The molecule has 0 spiro atoms. The van der Waals surface area contributed by atoms with E-state index < -0.39 is 6.03 Å². The topological polar surface area (TPSA) is 67.9 Å². The van der Waals surface area contributed by atoms with Crippen molar-refractivity contribution in [3.63, 3.8) is 0 Å². The van der Waals surface area contributed by atoms with Crippen molar-refractivity contribution < 1.29 is 19.1 Å². The molecule has 146 valence electrons. The normalized spacial score (nSPS) is 15.1. The van der Waals surface area contributed by atoms with Crippen LogP contribution < -0.4 is 14.8 Å². The quantitative estimate of drug-likeness (QED) is 0.585. The Kier molecular flexibility index (Phi) is 5.99. The summed E-state index contributed by atoms with van der Waals surface area (Å²) in [5.41, 5.74) is 3.25. The van der Waals surface area contributed by atoms with Crippen LogP contribution in [0.1, 0.15) is 30.5 Å². The molecule has 3 amide bonds. The van der Waals surface area contributed by atoms with Crippen LogP contribution in [-0.4, -0.2) is 30.0 Å². The fourth-order valence-electron chi connectivity index (χ4n) is 2.99. The van der Waals surface area contributed by atoms with Crippen molar-refractivity contribution in [1.29, 1.82) is 0 Å². The van der Waals surface area contributed by atoms with Crippen LogP contribution in [0.4, 0.5) is 4.79 Å². The number of carbonyl (C=O) groups excluding carboxylic acids is 2. The highest BCUT2D eigenvalue weighted by Crippen LogP contribution is 2.30. The highest BCUT2D eigenvalue weighted by atomic mass is 16.5. The monoisotopic (exact) mass is 380 g/mol. The number of benzene rings is 2. The average molecular weight is 380 g/mol. The van der Waals surface area contributed by atoms with Crippen LogP contribution in [-0.2, 0) is 11.4 Å². The summed E-state index contributed by atoms with van der Waals surface area (Å²) in [4.78, 5) is 25.2. The van der Waals surface area contributed by atoms with Gasteiger partial charge in [-0.25, -0.2) is 4.79 Å². The Morgan fingerprint density at radius 1 is 1.04 bits per heavy atom. The van der Waals surface area contributed by atoms with Gasteiger partial charge in [-0.15, -0.1) is 0 Å². The van der Waals surface area contributed by atoms with Gasteiger partial charge in [-0.2, -0.15) is 0 Å². The molecule has 2 aromatic rings. The smallest absolute Gasteiger partial charge is 0.328 e. The molecule has 6 heteroatoms. The largest absolute Gasteiger partial charge is 0.490 e. The Labute approximate surface area is 164 Å². The van der Waals surface area contributed by atoms with Gasteiger partial charge in [-0.1, -0.05) is 35.9 Å². The standard InChI is InChI=1S/C22H24N2O4/c1-4-24-21(25)18(23-22(24)26)12-16-9-10-19(20(13-16)27-5-2)28-14-17-8-6-7-15(3)11-17/h6-13H,4-5,14H2,1-3H3,(H,23,26)/b18-12+. The maximum atomic E-state index is 12.2. The van der Waals surface area contributed by atoms with E-state index in [9.17, 15) is 9.59 Å². The molecule has 1 aliphatic rings. The minimum absolute atomic E-state index is 0.253. The maximum absolute atomic E-state index is 12.2. The lowest BCUT2D eigenvalue weighted by molar-refractivity contribution is -0.122. The molecule has 6 nitrogen and oxygen atoms in total. The van der Waals surface area contributed by atoms with Crippen LogP contribution >= 0.6 is 0 Å². The molecule has 0 saturated carbocycles. The number of amides is 3. The third kappa shape index (κ3) is 4.34. The van der Waals surface area contributed by atoms with E-state index in [4.69, 9.17) is 9.47 Å². The third-order valence-electron chi connectivity index (χ3n) is 4.33. The number of hydrogen-bond donors (Lipinski definition) is 1. The molecular formula is C22H24N2O4. The Morgan fingerprint density at radius 3 is 2.54 bits per heavy atom. The van der Waals surface area contributed by atoms with Crippen molar-refractivity contribution in [2.24, 2.45) is 0 Å². The van der Waals surface area contributed by atoms with Gasteiger partial charge in [0.2, 0.25) is 0 Å². The molecule has 1 fully saturated rings. The average Bonchev–Trinajstić information content (AvgIpc) is 2.94. The van der Waals surface area contributed by atoms with Gasteiger partial charge in [0.1, 0.15) is 12.3 Å². The summed E-state index contributed by atoms with van der Waals surface area (Å²) in [6.07, 6.45) is 1.64. The van der Waals surface area contributed by atoms with Crippen molar-refractivity contribution in [3.05, 3.63) is 64.9 Å². The number of carbonyl (C=O) groups is 2. The third-order valence-corrected chi connectivity index (χ3v) is 4.33. The second-order valence-corrected chi connectivity index (χ2v) is 6.45. The summed E-state index contributed by atoms with van der Waals surface area (Å²) < 4.78 is 11.6. The summed E-state index contributed by atoms with van der Waals surface area (Å²) in [7, 11) is 0. The minimum Gasteiger partial charge on any atom is -0.490 e. The second-order valence-electron chi connectivity index (χ2n) is 6.45. The molecule has 0 aliphatic carbocycles. The van der Waals surface area contributed by atoms with Gasteiger partial charge in [0, 0.05) is 6.54 Å². The number of hydrogen-bond acceptors (Lipinski definition) is 4. The summed E-state index contributed by atoms with van der Waals surface area (Å²) in [6, 6.07) is 13.2. The van der Waals surface area contributed by atoms with Crippen molar-refractivity contribution in [3.8, 4) is 11.5 Å². The van der Waals surface area contributed by atoms with E-state index in [1.54, 1.807) is 19.1 Å². The van der Waals surface area contributed by atoms with Crippen molar-refractivity contribution in [2.75, 3.05) is 13.2 Å². The fourth-order valence-corrected chi connectivity index (χ4v) is 2.99. The van der Waals surface area contributed by atoms with E-state index in [-0.39, 0.29) is 11.6 Å². The lowest BCUT2D eigenvalue weighted by Gasteiger charge is -2.13. The highest BCUT2D eigenvalue weighted by molar-refractivity contribution is 6.13. The van der Waals surface area contributed by atoms with Crippen LogP contribution in [0.5, 0.6) is 11.5 Å². The summed E-state index contributed by atoms with van der Waals surface area (Å²) in [5, 5.41) is 2.60. The fraction of sp³-hybridized carbons (Fsp3) is 0.273. The Hall–Kier alpha value is -3.28. The molecule has 0 unspecified atom stereocenters. The number of ether oxygens (including phenoxy) is 2.